The first-order chi connectivity index (χ1) is 12.0. The fourth-order valence-electron chi connectivity index (χ4n) is 2.14. The Hall–Kier alpha value is -2.15. The lowest BCUT2D eigenvalue weighted by Crippen LogP contribution is -2.33. The number of benzene rings is 2. The van der Waals surface area contributed by atoms with Crippen LogP contribution in [0.2, 0.25) is 0 Å². The van der Waals surface area contributed by atoms with Crippen LogP contribution in [-0.4, -0.2) is 42.5 Å². The maximum atomic E-state index is 12.2. The zero-order valence-corrected chi connectivity index (χ0v) is 15.4. The van der Waals surface area contributed by atoms with Gasteiger partial charge in [0, 0.05) is 22.1 Å². The van der Waals surface area contributed by atoms with Crippen LogP contribution in [0.4, 0.5) is 0 Å². The van der Waals surface area contributed by atoms with E-state index in [0.29, 0.717) is 11.3 Å². The molecule has 0 heterocycles. The molecule has 5 nitrogen and oxygen atoms in total. The Bertz CT molecular complexity index is 744. The highest BCUT2D eigenvalue weighted by Crippen LogP contribution is 2.23. The summed E-state index contributed by atoms with van der Waals surface area (Å²) in [5.41, 5.74) is 2.23. The highest BCUT2D eigenvalue weighted by molar-refractivity contribution is 9.10. The molecule has 2 aromatic carbocycles. The zero-order valence-electron chi connectivity index (χ0n) is 13.8. The van der Waals surface area contributed by atoms with E-state index in [4.69, 9.17) is 9.84 Å². The highest BCUT2D eigenvalue weighted by atomic mass is 79.9. The van der Waals surface area contributed by atoms with Gasteiger partial charge in [-0.25, -0.2) is 0 Å². The fraction of sp³-hybridized carbons (Fsp3) is 0.211. The minimum Gasteiger partial charge on any atom is -0.496 e. The van der Waals surface area contributed by atoms with Crippen LogP contribution >= 0.6 is 15.9 Å². The number of carbonyl (C=O) groups is 1. The molecular formula is C19H20BrNO4. The van der Waals surface area contributed by atoms with E-state index in [-0.39, 0.29) is 12.5 Å². The second-order valence-electron chi connectivity index (χ2n) is 5.39. The number of aliphatic hydroxyl groups is 2. The second kappa shape index (κ2) is 9.36. The number of methoxy groups -OCH3 is 1. The molecule has 6 heteroatoms. The Morgan fingerprint density at radius 3 is 2.60 bits per heavy atom. The summed E-state index contributed by atoms with van der Waals surface area (Å²) in [4.78, 5) is 12.2. The third-order valence-electron chi connectivity index (χ3n) is 3.53. The molecule has 0 saturated carbocycles. The van der Waals surface area contributed by atoms with Crippen molar-refractivity contribution >= 4 is 34.0 Å². The molecule has 0 unspecified atom stereocenters. The Kier molecular flexibility index (Phi) is 7.18. The maximum Gasteiger partial charge on any atom is 0.251 e. The van der Waals surface area contributed by atoms with E-state index in [0.717, 1.165) is 15.6 Å². The molecule has 0 saturated heterocycles. The average molecular weight is 406 g/mol. The van der Waals surface area contributed by atoms with Gasteiger partial charge in [-0.3, -0.25) is 4.79 Å². The van der Waals surface area contributed by atoms with Crippen LogP contribution in [0.1, 0.15) is 21.5 Å². The largest absolute Gasteiger partial charge is 0.496 e. The Morgan fingerprint density at radius 2 is 1.96 bits per heavy atom. The van der Waals surface area contributed by atoms with Crippen molar-refractivity contribution < 1.29 is 19.7 Å². The first-order valence-electron chi connectivity index (χ1n) is 7.72. The smallest absolute Gasteiger partial charge is 0.251 e. The van der Waals surface area contributed by atoms with E-state index in [9.17, 15) is 9.90 Å². The fourth-order valence-corrected chi connectivity index (χ4v) is 2.41. The molecule has 1 atom stereocenters. The molecule has 2 aromatic rings. The van der Waals surface area contributed by atoms with Crippen molar-refractivity contribution in [2.75, 3.05) is 20.3 Å². The number of hydrogen-bond acceptors (Lipinski definition) is 4. The average Bonchev–Trinajstić information content (AvgIpc) is 2.65. The molecule has 0 aromatic heterocycles. The molecule has 0 aliphatic carbocycles. The summed E-state index contributed by atoms with van der Waals surface area (Å²) in [6, 6.07) is 12.9. The Morgan fingerprint density at radius 1 is 1.24 bits per heavy atom. The van der Waals surface area contributed by atoms with Gasteiger partial charge in [0.1, 0.15) is 5.75 Å². The number of aliphatic hydroxyl groups excluding tert-OH is 2. The topological polar surface area (TPSA) is 78.8 Å². The normalized spacial score (nSPS) is 12.2. The van der Waals surface area contributed by atoms with E-state index in [1.165, 1.54) is 0 Å². The van der Waals surface area contributed by atoms with Gasteiger partial charge in [0.25, 0.3) is 5.91 Å². The van der Waals surface area contributed by atoms with Crippen molar-refractivity contribution in [3.8, 4) is 5.75 Å². The summed E-state index contributed by atoms with van der Waals surface area (Å²) >= 11 is 3.40. The Balaban J connectivity index is 2.18. The van der Waals surface area contributed by atoms with Gasteiger partial charge in [-0.15, -0.1) is 0 Å². The lowest BCUT2D eigenvalue weighted by atomic mass is 10.1. The van der Waals surface area contributed by atoms with Crippen LogP contribution in [0.5, 0.6) is 5.75 Å². The molecule has 1 amide bonds. The van der Waals surface area contributed by atoms with Crippen molar-refractivity contribution in [3.63, 3.8) is 0 Å². The maximum absolute atomic E-state index is 12.2. The number of nitrogens with one attached hydrogen (secondary N) is 1. The predicted molar refractivity (Wildman–Crippen MR) is 101 cm³/mol. The van der Waals surface area contributed by atoms with Crippen molar-refractivity contribution in [2.24, 2.45) is 0 Å². The van der Waals surface area contributed by atoms with Crippen molar-refractivity contribution in [1.29, 1.82) is 0 Å². The zero-order chi connectivity index (χ0) is 18.2. The van der Waals surface area contributed by atoms with Crippen LogP contribution in [-0.2, 0) is 0 Å². The molecular weight excluding hydrogens is 386 g/mol. The van der Waals surface area contributed by atoms with Gasteiger partial charge in [0.05, 0.1) is 19.8 Å². The summed E-state index contributed by atoms with van der Waals surface area (Å²) in [7, 11) is 1.57. The quantitative estimate of drug-likeness (QED) is 0.618. The van der Waals surface area contributed by atoms with Crippen LogP contribution in [0.15, 0.2) is 46.9 Å². The van der Waals surface area contributed by atoms with E-state index in [1.54, 1.807) is 25.3 Å². The van der Waals surface area contributed by atoms with Gasteiger partial charge in [0.15, 0.2) is 0 Å². The molecule has 0 radical (unpaired) electrons. The Labute approximate surface area is 155 Å². The first kappa shape index (κ1) is 19.2. The molecule has 132 valence electrons. The number of carbonyl (C=O) groups excluding carboxylic acids is 1. The first-order valence-corrected chi connectivity index (χ1v) is 8.51. The summed E-state index contributed by atoms with van der Waals surface area (Å²) in [5, 5.41) is 20.7. The monoisotopic (exact) mass is 405 g/mol. The predicted octanol–water partition coefficient (Wildman–Crippen LogP) is 2.71. The minimum atomic E-state index is -0.973. The number of amides is 1. The van der Waals surface area contributed by atoms with Crippen molar-refractivity contribution in [3.05, 3.63) is 63.6 Å². The number of rotatable bonds is 7. The minimum absolute atomic E-state index is 0.00850. The third-order valence-corrected chi connectivity index (χ3v) is 4.05. The third kappa shape index (κ3) is 5.70. The van der Waals surface area contributed by atoms with Gasteiger partial charge in [-0.1, -0.05) is 40.2 Å². The van der Waals surface area contributed by atoms with Crippen molar-refractivity contribution in [2.45, 2.75) is 6.10 Å². The summed E-state index contributed by atoms with van der Waals surface area (Å²) in [5.74, 6) is 0.328. The summed E-state index contributed by atoms with van der Waals surface area (Å²) < 4.78 is 6.35. The molecule has 0 bridgehead atoms. The van der Waals surface area contributed by atoms with E-state index in [1.807, 2.05) is 36.4 Å². The number of ether oxygens (including phenoxy) is 1. The molecule has 0 spiro atoms. The van der Waals surface area contributed by atoms with Crippen LogP contribution < -0.4 is 10.1 Å². The van der Waals surface area contributed by atoms with Gasteiger partial charge in [-0.05, 0) is 35.9 Å². The van der Waals surface area contributed by atoms with Crippen molar-refractivity contribution in [1.82, 2.24) is 5.32 Å². The highest BCUT2D eigenvalue weighted by Gasteiger charge is 2.10. The molecule has 2 rings (SSSR count). The van der Waals surface area contributed by atoms with Crippen LogP contribution in [0.25, 0.3) is 12.2 Å². The molecule has 0 aliphatic heterocycles. The molecule has 0 aliphatic rings. The summed E-state index contributed by atoms with van der Waals surface area (Å²) in [6.07, 6.45) is 2.84. The second-order valence-corrected chi connectivity index (χ2v) is 6.30. The van der Waals surface area contributed by atoms with Gasteiger partial charge in [-0.2, -0.15) is 0 Å². The lowest BCUT2D eigenvalue weighted by Gasteiger charge is -2.11. The van der Waals surface area contributed by atoms with E-state index >= 15 is 0 Å². The lowest BCUT2D eigenvalue weighted by molar-refractivity contribution is 0.0802. The standard InChI is InChI=1S/C19H20BrNO4/c1-25-18-9-6-15(19(24)21-11-17(23)12-22)10-14(18)5-2-13-3-7-16(20)8-4-13/h2-10,17,22-23H,11-12H2,1H3,(H,21,24)/b5-2+/t17-/m1/s1. The molecule has 25 heavy (non-hydrogen) atoms. The summed E-state index contributed by atoms with van der Waals surface area (Å²) in [6.45, 7) is -0.407. The van der Waals surface area contributed by atoms with Gasteiger partial charge >= 0.3 is 0 Å². The number of halogens is 1. The van der Waals surface area contributed by atoms with E-state index in [2.05, 4.69) is 21.2 Å². The van der Waals surface area contributed by atoms with Gasteiger partial charge < -0.3 is 20.3 Å². The van der Waals surface area contributed by atoms with E-state index < -0.39 is 12.7 Å². The number of hydrogen-bond donors (Lipinski definition) is 3. The van der Waals surface area contributed by atoms with Crippen LogP contribution in [0, 0.1) is 0 Å². The SMILES string of the molecule is COc1ccc(C(=O)NC[C@@H](O)CO)cc1/C=C/c1ccc(Br)cc1. The molecule has 0 fully saturated rings. The van der Waals surface area contributed by atoms with Crippen LogP contribution in [0.3, 0.4) is 0 Å². The molecule has 3 N–H and O–H groups in total. The van der Waals surface area contributed by atoms with Gasteiger partial charge in [0.2, 0.25) is 0 Å².